The fourth-order valence-corrected chi connectivity index (χ4v) is 6.52. The lowest BCUT2D eigenvalue weighted by Crippen LogP contribution is -2.54. The van der Waals surface area contributed by atoms with E-state index in [2.05, 4.69) is 42.5 Å². The zero-order chi connectivity index (χ0) is 34.1. The van der Waals surface area contributed by atoms with Gasteiger partial charge in [0, 0.05) is 64.2 Å². The van der Waals surface area contributed by atoms with Crippen molar-refractivity contribution in [2.75, 3.05) is 46.3 Å². The largest absolute Gasteiger partial charge is 0.508 e. The van der Waals surface area contributed by atoms with Crippen LogP contribution in [0.4, 0.5) is 0 Å². The predicted molar refractivity (Wildman–Crippen MR) is 175 cm³/mol. The van der Waals surface area contributed by atoms with E-state index in [0.29, 0.717) is 45.7 Å². The van der Waals surface area contributed by atoms with Crippen molar-refractivity contribution in [2.24, 2.45) is 29.4 Å². The molecule has 0 bridgehead atoms. The Balaban J connectivity index is 1.27. The highest BCUT2D eigenvalue weighted by Crippen LogP contribution is 2.17. The van der Waals surface area contributed by atoms with Crippen molar-refractivity contribution in [3.05, 3.63) is 29.8 Å². The topological polar surface area (TPSA) is 228 Å². The number of likely N-dealkylation sites (N-methyl/N-ethyl adjacent to an activating group) is 1. The summed E-state index contributed by atoms with van der Waals surface area (Å²) in [6.45, 7) is 6.34. The molecule has 3 heterocycles. The first-order valence-corrected chi connectivity index (χ1v) is 16.5. The highest BCUT2D eigenvalue weighted by Gasteiger charge is 2.40. The van der Waals surface area contributed by atoms with Crippen LogP contribution in [0.1, 0.15) is 32.3 Å². The first-order valence-electron chi connectivity index (χ1n) is 16.5. The number of rotatable bonds is 15. The predicted octanol–water partition coefficient (Wildman–Crippen LogP) is -2.96. The Labute approximate surface area is 275 Å². The van der Waals surface area contributed by atoms with Crippen molar-refractivity contribution in [2.45, 2.75) is 63.3 Å². The van der Waals surface area contributed by atoms with Crippen molar-refractivity contribution in [1.82, 2.24) is 42.5 Å². The lowest BCUT2D eigenvalue weighted by atomic mass is 9.95. The molecule has 11 N–H and O–H groups in total. The number of benzene rings is 1. The summed E-state index contributed by atoms with van der Waals surface area (Å²) in [6, 6.07) is 5.04. The van der Waals surface area contributed by atoms with E-state index in [1.165, 1.54) is 0 Å². The molecule has 1 aromatic rings. The number of aromatic hydroxyl groups is 1. The van der Waals surface area contributed by atoms with Gasteiger partial charge in [-0.25, -0.2) is 0 Å². The van der Waals surface area contributed by atoms with Gasteiger partial charge in [0.1, 0.15) is 5.75 Å². The fourth-order valence-electron chi connectivity index (χ4n) is 6.52. The average Bonchev–Trinajstić information content (AvgIpc) is 3.79. The van der Waals surface area contributed by atoms with Crippen LogP contribution in [-0.2, 0) is 30.4 Å². The maximum atomic E-state index is 13.4. The third-order valence-corrected chi connectivity index (χ3v) is 9.50. The molecule has 0 saturated carbocycles. The Morgan fingerprint density at radius 3 is 1.83 bits per heavy atom. The van der Waals surface area contributed by atoms with Gasteiger partial charge in [0.15, 0.2) is 0 Å². The standard InChI is InChI=1S/C32H51N9O6/c1-17(2)24(10-29(44)38-25-14-35-11-21(25)30(33)45)40-31(46)23-13-37-16-27(23)41-32(47)22-12-36-15-26(22)39-28(43)9-19(34-3)8-18-4-6-20(42)7-5-18/h4-7,17,19,21-27,34-37,42H,8-16H2,1-3H3,(H2,33,45)(H,38,44)(H,39,43)(H,40,46)(H,41,47)/t19-,21?,22?,23?,24+,25?,26?,27?/m0/s1. The molecule has 15 heteroatoms. The summed E-state index contributed by atoms with van der Waals surface area (Å²) >= 11 is 0. The van der Waals surface area contributed by atoms with Crippen LogP contribution < -0.4 is 48.3 Å². The molecule has 3 fully saturated rings. The Hall–Kier alpha value is -3.79. The van der Waals surface area contributed by atoms with Crippen molar-refractivity contribution >= 4 is 29.5 Å². The van der Waals surface area contributed by atoms with E-state index in [1.54, 1.807) is 19.2 Å². The summed E-state index contributed by atoms with van der Waals surface area (Å²) < 4.78 is 0. The number of nitrogens with one attached hydrogen (secondary N) is 8. The minimum atomic E-state index is -0.541. The van der Waals surface area contributed by atoms with Gasteiger partial charge >= 0.3 is 0 Å². The van der Waals surface area contributed by atoms with Gasteiger partial charge in [-0.15, -0.1) is 0 Å². The van der Waals surface area contributed by atoms with E-state index in [0.717, 1.165) is 5.56 Å². The molecule has 47 heavy (non-hydrogen) atoms. The minimum absolute atomic E-state index is 0.0427. The molecular weight excluding hydrogens is 606 g/mol. The monoisotopic (exact) mass is 657 g/mol. The number of amides is 5. The Morgan fingerprint density at radius 2 is 1.28 bits per heavy atom. The van der Waals surface area contributed by atoms with Crippen LogP contribution in [0.2, 0.25) is 0 Å². The smallest absolute Gasteiger partial charge is 0.226 e. The number of hydrogen-bond acceptors (Lipinski definition) is 10. The molecule has 0 aromatic heterocycles. The van der Waals surface area contributed by atoms with Crippen LogP contribution in [0.3, 0.4) is 0 Å². The van der Waals surface area contributed by atoms with E-state index in [4.69, 9.17) is 5.73 Å². The third-order valence-electron chi connectivity index (χ3n) is 9.50. The number of phenols is 1. The molecule has 0 spiro atoms. The lowest BCUT2D eigenvalue weighted by molar-refractivity contribution is -0.128. The summed E-state index contributed by atoms with van der Waals surface area (Å²) in [7, 11) is 1.79. The summed E-state index contributed by atoms with van der Waals surface area (Å²) in [5.74, 6) is -2.81. The van der Waals surface area contributed by atoms with Gasteiger partial charge < -0.3 is 53.4 Å². The van der Waals surface area contributed by atoms with Crippen LogP contribution in [0.5, 0.6) is 5.75 Å². The van der Waals surface area contributed by atoms with Gasteiger partial charge in [-0.05, 0) is 37.1 Å². The van der Waals surface area contributed by atoms with Gasteiger partial charge in [-0.2, -0.15) is 0 Å². The van der Waals surface area contributed by atoms with Crippen molar-refractivity contribution in [3.63, 3.8) is 0 Å². The Morgan fingerprint density at radius 1 is 0.766 bits per heavy atom. The van der Waals surface area contributed by atoms with E-state index in [1.807, 2.05) is 26.0 Å². The first-order chi connectivity index (χ1) is 22.4. The Kier molecular flexibility index (Phi) is 12.9. The van der Waals surface area contributed by atoms with Crippen LogP contribution in [0.15, 0.2) is 24.3 Å². The van der Waals surface area contributed by atoms with Crippen molar-refractivity contribution in [1.29, 1.82) is 0 Å². The SMILES string of the molecule is CN[C@H](CC(=O)NC1CNCC1C(=O)NC1CNCC1C(=O)N[C@H](CC(=O)NC1CNCC1C(N)=O)C(C)C)Cc1ccc(O)cc1. The molecule has 3 aliphatic heterocycles. The van der Waals surface area contributed by atoms with Gasteiger partial charge in [0.25, 0.3) is 0 Å². The summed E-state index contributed by atoms with van der Waals surface area (Å²) in [6.07, 6.45) is 0.863. The fraction of sp³-hybridized carbons (Fsp3) is 0.656. The normalized spacial score (nSPS) is 26.8. The highest BCUT2D eigenvalue weighted by molar-refractivity contribution is 5.86. The number of carbonyl (C=O) groups excluding carboxylic acids is 5. The van der Waals surface area contributed by atoms with E-state index >= 15 is 0 Å². The molecule has 0 aliphatic carbocycles. The van der Waals surface area contributed by atoms with Gasteiger partial charge in [0.2, 0.25) is 29.5 Å². The van der Waals surface area contributed by atoms with E-state index in [-0.39, 0.29) is 54.2 Å². The molecule has 8 atom stereocenters. The molecule has 260 valence electrons. The second kappa shape index (κ2) is 16.9. The Bertz CT molecular complexity index is 1260. The van der Waals surface area contributed by atoms with Crippen LogP contribution in [-0.4, -0.2) is 111 Å². The van der Waals surface area contributed by atoms with Crippen molar-refractivity contribution in [3.8, 4) is 5.75 Å². The molecule has 6 unspecified atom stereocenters. The maximum absolute atomic E-state index is 13.4. The number of nitrogens with two attached hydrogens (primary N) is 1. The van der Waals surface area contributed by atoms with Gasteiger partial charge in [-0.1, -0.05) is 26.0 Å². The highest BCUT2D eigenvalue weighted by atomic mass is 16.3. The second-order valence-electron chi connectivity index (χ2n) is 13.3. The number of hydrogen-bond donors (Lipinski definition) is 10. The molecule has 15 nitrogen and oxygen atoms in total. The number of primary amides is 1. The van der Waals surface area contributed by atoms with Crippen LogP contribution in [0.25, 0.3) is 0 Å². The quantitative estimate of drug-likeness (QED) is 0.0922. The van der Waals surface area contributed by atoms with Crippen LogP contribution in [0, 0.1) is 23.7 Å². The molecule has 5 amide bonds. The lowest BCUT2D eigenvalue weighted by Gasteiger charge is -2.28. The summed E-state index contributed by atoms with van der Waals surface area (Å²) in [4.78, 5) is 64.4. The molecule has 4 rings (SSSR count). The summed E-state index contributed by atoms with van der Waals surface area (Å²) in [5.41, 5.74) is 6.45. The van der Waals surface area contributed by atoms with E-state index in [9.17, 15) is 29.1 Å². The molecule has 0 radical (unpaired) electrons. The summed E-state index contributed by atoms with van der Waals surface area (Å²) in [5, 5.41) is 34.1. The molecule has 3 saturated heterocycles. The molecular formula is C32H51N9O6. The van der Waals surface area contributed by atoms with Gasteiger partial charge in [0.05, 0.1) is 35.9 Å². The second-order valence-corrected chi connectivity index (χ2v) is 13.3. The maximum Gasteiger partial charge on any atom is 0.226 e. The zero-order valence-corrected chi connectivity index (χ0v) is 27.4. The number of phenolic OH excluding ortho intramolecular Hbond substituents is 1. The molecule has 3 aliphatic rings. The first kappa shape index (κ1) is 36.1. The third kappa shape index (κ3) is 10.1. The minimum Gasteiger partial charge on any atom is -0.508 e. The van der Waals surface area contributed by atoms with E-state index < -0.39 is 47.8 Å². The van der Waals surface area contributed by atoms with Crippen molar-refractivity contribution < 1.29 is 29.1 Å². The molecule has 1 aromatic carbocycles. The van der Waals surface area contributed by atoms with Crippen LogP contribution >= 0.6 is 0 Å². The number of carbonyl (C=O) groups is 5. The average molecular weight is 658 g/mol. The van der Waals surface area contributed by atoms with Gasteiger partial charge in [-0.3, -0.25) is 24.0 Å². The zero-order valence-electron chi connectivity index (χ0n) is 27.4.